The van der Waals surface area contributed by atoms with E-state index in [1.165, 1.54) is 19.3 Å². The van der Waals surface area contributed by atoms with Crippen LogP contribution in [0.1, 0.15) is 30.9 Å². The van der Waals surface area contributed by atoms with Crippen LogP contribution in [0.3, 0.4) is 0 Å². The SMILES string of the molecule is Brc1nc(Br)c([C@H]2C=CCCC2)nc1I. The van der Waals surface area contributed by atoms with E-state index in [0.717, 1.165) is 18.6 Å². The summed E-state index contributed by atoms with van der Waals surface area (Å²) in [6.45, 7) is 0. The Balaban J connectivity index is 2.38. The van der Waals surface area contributed by atoms with E-state index < -0.39 is 0 Å². The molecule has 0 saturated carbocycles. The van der Waals surface area contributed by atoms with Gasteiger partial charge in [0.2, 0.25) is 0 Å². The molecule has 0 amide bonds. The third-order valence-electron chi connectivity index (χ3n) is 2.40. The second-order valence-electron chi connectivity index (χ2n) is 3.45. The van der Waals surface area contributed by atoms with Crippen molar-refractivity contribution in [2.45, 2.75) is 25.2 Å². The number of rotatable bonds is 1. The van der Waals surface area contributed by atoms with Crippen molar-refractivity contribution in [3.63, 3.8) is 0 Å². The van der Waals surface area contributed by atoms with Crippen molar-refractivity contribution in [1.29, 1.82) is 0 Å². The van der Waals surface area contributed by atoms with Crippen molar-refractivity contribution < 1.29 is 0 Å². The first-order valence-corrected chi connectivity index (χ1v) is 7.40. The zero-order valence-electron chi connectivity index (χ0n) is 7.88. The molecule has 80 valence electrons. The molecule has 0 spiro atoms. The van der Waals surface area contributed by atoms with E-state index in [2.05, 4.69) is 76.6 Å². The second kappa shape index (κ2) is 5.23. The number of allylic oxidation sites excluding steroid dienone is 2. The van der Waals surface area contributed by atoms with Crippen LogP contribution in [0.4, 0.5) is 0 Å². The lowest BCUT2D eigenvalue weighted by molar-refractivity contribution is 0.633. The average molecular weight is 444 g/mol. The van der Waals surface area contributed by atoms with Crippen LogP contribution in [-0.2, 0) is 0 Å². The van der Waals surface area contributed by atoms with Crippen LogP contribution in [-0.4, -0.2) is 9.97 Å². The fraction of sp³-hybridized carbons (Fsp3) is 0.400. The van der Waals surface area contributed by atoms with Gasteiger partial charge in [0.1, 0.15) is 12.9 Å². The molecule has 0 radical (unpaired) electrons. The van der Waals surface area contributed by atoms with Crippen LogP contribution in [0, 0.1) is 3.70 Å². The average Bonchev–Trinajstić information content (AvgIpc) is 2.25. The Morgan fingerprint density at radius 2 is 2.07 bits per heavy atom. The molecule has 15 heavy (non-hydrogen) atoms. The Hall–Kier alpha value is 0.510. The molecular formula is C10H9Br2IN2. The van der Waals surface area contributed by atoms with Gasteiger partial charge in [-0.25, -0.2) is 9.97 Å². The van der Waals surface area contributed by atoms with E-state index in [0.29, 0.717) is 5.92 Å². The first-order chi connectivity index (χ1) is 7.18. The summed E-state index contributed by atoms with van der Waals surface area (Å²) in [5.74, 6) is 0.419. The lowest BCUT2D eigenvalue weighted by Crippen LogP contribution is -2.06. The molecule has 1 atom stereocenters. The molecule has 1 aliphatic rings. The van der Waals surface area contributed by atoms with Crippen molar-refractivity contribution in [2.75, 3.05) is 0 Å². The van der Waals surface area contributed by atoms with Gasteiger partial charge in [-0.2, -0.15) is 0 Å². The monoisotopic (exact) mass is 442 g/mol. The summed E-state index contributed by atoms with van der Waals surface area (Å²) in [6.07, 6.45) is 8.07. The highest BCUT2D eigenvalue weighted by molar-refractivity contribution is 14.1. The highest BCUT2D eigenvalue weighted by Crippen LogP contribution is 2.32. The minimum Gasteiger partial charge on any atom is -0.241 e. The molecule has 0 saturated heterocycles. The number of halogens is 3. The van der Waals surface area contributed by atoms with Crippen molar-refractivity contribution in [3.05, 3.63) is 30.8 Å². The van der Waals surface area contributed by atoms with Crippen molar-refractivity contribution in [3.8, 4) is 0 Å². The number of aromatic nitrogens is 2. The largest absolute Gasteiger partial charge is 0.241 e. The van der Waals surface area contributed by atoms with Gasteiger partial charge in [0.25, 0.3) is 0 Å². The molecule has 1 aromatic rings. The molecule has 5 heteroatoms. The molecule has 2 nitrogen and oxygen atoms in total. The summed E-state index contributed by atoms with van der Waals surface area (Å²) in [5, 5.41) is 0. The summed E-state index contributed by atoms with van der Waals surface area (Å²) >= 11 is 9.05. The molecule has 0 aromatic carbocycles. The molecule has 0 bridgehead atoms. The van der Waals surface area contributed by atoms with Gasteiger partial charge >= 0.3 is 0 Å². The predicted molar refractivity (Wildman–Crippen MR) is 75.9 cm³/mol. The topological polar surface area (TPSA) is 25.8 Å². The highest BCUT2D eigenvalue weighted by Gasteiger charge is 2.18. The van der Waals surface area contributed by atoms with Gasteiger partial charge in [0, 0.05) is 5.92 Å². The van der Waals surface area contributed by atoms with E-state index in [4.69, 9.17) is 0 Å². The molecule has 1 aromatic heterocycles. The Bertz CT molecular complexity index is 407. The number of hydrogen-bond acceptors (Lipinski definition) is 2. The second-order valence-corrected chi connectivity index (χ2v) is 5.97. The van der Waals surface area contributed by atoms with E-state index in [1.807, 2.05) is 0 Å². The third kappa shape index (κ3) is 2.79. The minimum absolute atomic E-state index is 0.419. The highest BCUT2D eigenvalue weighted by atomic mass is 127. The van der Waals surface area contributed by atoms with Gasteiger partial charge in [-0.3, -0.25) is 0 Å². The molecule has 0 N–H and O–H groups in total. The molecule has 1 heterocycles. The lowest BCUT2D eigenvalue weighted by atomic mass is 9.93. The van der Waals surface area contributed by atoms with E-state index in [9.17, 15) is 0 Å². The minimum atomic E-state index is 0.419. The maximum absolute atomic E-state index is 4.58. The number of nitrogens with zero attached hydrogens (tertiary/aromatic N) is 2. The van der Waals surface area contributed by atoms with Gasteiger partial charge in [0.05, 0.1) is 5.69 Å². The van der Waals surface area contributed by atoms with Crippen molar-refractivity contribution >= 4 is 54.5 Å². The van der Waals surface area contributed by atoms with Gasteiger partial charge in [-0.1, -0.05) is 12.2 Å². The van der Waals surface area contributed by atoms with Gasteiger partial charge in [-0.15, -0.1) is 0 Å². The van der Waals surface area contributed by atoms with Gasteiger partial charge in [-0.05, 0) is 73.7 Å². The van der Waals surface area contributed by atoms with Crippen LogP contribution in [0.5, 0.6) is 0 Å². The van der Waals surface area contributed by atoms with E-state index in [1.54, 1.807) is 0 Å². The summed E-state index contributed by atoms with van der Waals surface area (Å²) in [6, 6.07) is 0. The summed E-state index contributed by atoms with van der Waals surface area (Å²) in [5.41, 5.74) is 1.05. The van der Waals surface area contributed by atoms with Crippen LogP contribution < -0.4 is 0 Å². The summed E-state index contributed by atoms with van der Waals surface area (Å²) in [7, 11) is 0. The molecule has 1 aliphatic carbocycles. The maximum Gasteiger partial charge on any atom is 0.139 e. The smallest absolute Gasteiger partial charge is 0.139 e. The quantitative estimate of drug-likeness (QED) is 0.474. The normalized spacial score (nSPS) is 20.6. The van der Waals surface area contributed by atoms with E-state index >= 15 is 0 Å². The predicted octanol–water partition coefficient (Wildman–Crippen LogP) is 4.43. The Labute approximate surface area is 119 Å². The van der Waals surface area contributed by atoms with Crippen molar-refractivity contribution in [1.82, 2.24) is 9.97 Å². The first kappa shape index (κ1) is 12.0. The maximum atomic E-state index is 4.58. The van der Waals surface area contributed by atoms with Gasteiger partial charge in [0.15, 0.2) is 0 Å². The molecular weight excluding hydrogens is 435 g/mol. The number of hydrogen-bond donors (Lipinski definition) is 0. The lowest BCUT2D eigenvalue weighted by Gasteiger charge is -2.17. The van der Waals surface area contributed by atoms with Crippen LogP contribution in [0.15, 0.2) is 21.4 Å². The standard InChI is InChI=1S/C10H9Br2IN2/c11-8-7(6-4-2-1-3-5-6)14-10(13)9(12)15-8/h2,4,6H,1,3,5H2/t6-/m0/s1. The Morgan fingerprint density at radius 3 is 2.73 bits per heavy atom. The zero-order chi connectivity index (χ0) is 10.8. The van der Waals surface area contributed by atoms with Crippen LogP contribution >= 0.6 is 54.5 Å². The third-order valence-corrected chi connectivity index (χ3v) is 5.03. The molecule has 0 aliphatic heterocycles. The fourth-order valence-corrected chi connectivity index (χ4v) is 3.11. The van der Waals surface area contributed by atoms with Crippen molar-refractivity contribution in [2.24, 2.45) is 0 Å². The fourth-order valence-electron chi connectivity index (χ4n) is 1.66. The molecule has 0 unspecified atom stereocenters. The Morgan fingerprint density at radius 1 is 1.27 bits per heavy atom. The van der Waals surface area contributed by atoms with E-state index in [-0.39, 0.29) is 0 Å². The van der Waals surface area contributed by atoms with Crippen LogP contribution in [0.2, 0.25) is 0 Å². The van der Waals surface area contributed by atoms with Crippen LogP contribution in [0.25, 0.3) is 0 Å². The Kier molecular flexibility index (Phi) is 4.17. The molecule has 2 rings (SSSR count). The van der Waals surface area contributed by atoms with Gasteiger partial charge < -0.3 is 0 Å². The molecule has 0 fully saturated rings. The zero-order valence-corrected chi connectivity index (χ0v) is 13.2. The summed E-state index contributed by atoms with van der Waals surface area (Å²) in [4.78, 5) is 8.95. The first-order valence-electron chi connectivity index (χ1n) is 4.73. The summed E-state index contributed by atoms with van der Waals surface area (Å²) < 4.78 is 2.58.